The van der Waals surface area contributed by atoms with Crippen molar-refractivity contribution in [1.82, 2.24) is 25.0 Å². The largest absolute Gasteiger partial charge is 0.425 e. The van der Waals surface area contributed by atoms with Crippen LogP contribution in [-0.4, -0.2) is 30.7 Å². The number of hydrogen-bond acceptors (Lipinski definition) is 7. The molecule has 9 heteroatoms. The summed E-state index contributed by atoms with van der Waals surface area (Å²) in [6, 6.07) is 7.57. The monoisotopic (exact) mass is 506 g/mol. The van der Waals surface area contributed by atoms with Gasteiger partial charge in [0.25, 0.3) is 0 Å². The first-order valence-corrected chi connectivity index (χ1v) is 13.3. The zero-order valence-corrected chi connectivity index (χ0v) is 21.7. The molecule has 1 saturated carbocycles. The van der Waals surface area contributed by atoms with E-state index in [1.165, 1.54) is 36.1 Å². The zero-order chi connectivity index (χ0) is 24.1. The van der Waals surface area contributed by atoms with Gasteiger partial charge in [-0.15, -0.1) is 31.7 Å². The van der Waals surface area contributed by atoms with E-state index in [-0.39, 0.29) is 6.04 Å². The minimum absolute atomic E-state index is 0.305. The van der Waals surface area contributed by atoms with E-state index in [4.69, 9.17) is 21.0 Å². The topological polar surface area (TPSA) is 82.0 Å². The minimum atomic E-state index is -0.305. The minimum Gasteiger partial charge on any atom is -0.425 e. The number of aliphatic imine (C=N–C) groups is 1. The summed E-state index contributed by atoms with van der Waals surface area (Å²) in [5.41, 5.74) is 4.29. The summed E-state index contributed by atoms with van der Waals surface area (Å²) in [7, 11) is 0. The Labute approximate surface area is 213 Å². The lowest BCUT2D eigenvalue weighted by Crippen LogP contribution is -2.09. The fourth-order valence-corrected chi connectivity index (χ4v) is 6.55. The maximum absolute atomic E-state index is 6.21. The third-order valence-corrected chi connectivity index (χ3v) is 8.62. The highest BCUT2D eigenvalue weighted by molar-refractivity contribution is 7.15. The van der Waals surface area contributed by atoms with Crippen LogP contribution >= 0.6 is 22.9 Å². The Morgan fingerprint density at radius 2 is 1.69 bits per heavy atom. The van der Waals surface area contributed by atoms with Crippen LogP contribution in [0.2, 0.25) is 5.02 Å². The van der Waals surface area contributed by atoms with E-state index < -0.39 is 0 Å². The lowest BCUT2D eigenvalue weighted by atomic mass is 9.99. The van der Waals surface area contributed by atoms with Crippen LogP contribution in [0.5, 0.6) is 0 Å². The predicted octanol–water partition coefficient (Wildman–Crippen LogP) is 6.16. The second-order valence-electron chi connectivity index (χ2n) is 9.55. The molecule has 4 aromatic rings. The van der Waals surface area contributed by atoms with Gasteiger partial charge in [0.15, 0.2) is 5.82 Å². The molecule has 7 nitrogen and oxygen atoms in total. The Kier molecular flexibility index (Phi) is 5.81. The number of thiophene rings is 1. The molecule has 0 N–H and O–H groups in total. The van der Waals surface area contributed by atoms with Crippen LogP contribution < -0.4 is 0 Å². The molecule has 0 bridgehead atoms. The van der Waals surface area contributed by atoms with Gasteiger partial charge in [0.1, 0.15) is 16.9 Å². The Morgan fingerprint density at radius 3 is 2.43 bits per heavy atom. The van der Waals surface area contributed by atoms with Crippen LogP contribution in [0.3, 0.4) is 0 Å². The molecule has 1 aliphatic heterocycles. The van der Waals surface area contributed by atoms with Crippen molar-refractivity contribution in [2.24, 2.45) is 10.9 Å². The zero-order valence-electron chi connectivity index (χ0n) is 20.1. The van der Waals surface area contributed by atoms with Crippen molar-refractivity contribution in [3.8, 4) is 5.00 Å². The van der Waals surface area contributed by atoms with Gasteiger partial charge in [-0.2, -0.15) is 0 Å². The lowest BCUT2D eigenvalue weighted by molar-refractivity contribution is 0.398. The highest BCUT2D eigenvalue weighted by Crippen LogP contribution is 2.39. The summed E-state index contributed by atoms with van der Waals surface area (Å²) in [5.74, 6) is 3.61. The molecule has 1 aromatic carbocycles. The predicted molar refractivity (Wildman–Crippen MR) is 137 cm³/mol. The van der Waals surface area contributed by atoms with Crippen molar-refractivity contribution < 1.29 is 4.42 Å². The van der Waals surface area contributed by atoms with Crippen molar-refractivity contribution in [3.05, 3.63) is 74.3 Å². The van der Waals surface area contributed by atoms with Gasteiger partial charge in [-0.3, -0.25) is 9.56 Å². The molecule has 3 aromatic heterocycles. The van der Waals surface area contributed by atoms with E-state index in [9.17, 15) is 0 Å². The molecule has 1 fully saturated rings. The van der Waals surface area contributed by atoms with Gasteiger partial charge in [0.05, 0.1) is 12.1 Å². The fraction of sp³-hybridized carbons (Fsp3) is 0.423. The van der Waals surface area contributed by atoms with E-state index in [1.54, 1.807) is 11.3 Å². The van der Waals surface area contributed by atoms with Gasteiger partial charge in [0, 0.05) is 27.4 Å². The summed E-state index contributed by atoms with van der Waals surface area (Å²) in [6.07, 6.45) is 6.43. The smallest absolute Gasteiger partial charge is 0.219 e. The SMILES string of the molecule is Cc1sc2c(c1C)C(c1ccc(Cl)cc1)=N[C@@H](Cc1nnc(CC3CCCC3)o1)c1nnc(C)n1-2. The Bertz CT molecular complexity index is 1410. The van der Waals surface area contributed by atoms with Gasteiger partial charge in [-0.1, -0.05) is 36.6 Å². The van der Waals surface area contributed by atoms with Crippen LogP contribution in [0.1, 0.15) is 76.7 Å². The molecule has 0 spiro atoms. The van der Waals surface area contributed by atoms with Gasteiger partial charge >= 0.3 is 0 Å². The number of benzene rings is 1. The molecule has 1 atom stereocenters. The van der Waals surface area contributed by atoms with Crippen molar-refractivity contribution >= 4 is 28.6 Å². The fourth-order valence-electron chi connectivity index (χ4n) is 5.21. The third kappa shape index (κ3) is 4.12. The maximum atomic E-state index is 6.21. The summed E-state index contributed by atoms with van der Waals surface area (Å²) in [6.45, 7) is 6.29. The second-order valence-corrected chi connectivity index (χ2v) is 11.2. The molecule has 35 heavy (non-hydrogen) atoms. The third-order valence-electron chi connectivity index (χ3n) is 7.17. The summed E-state index contributed by atoms with van der Waals surface area (Å²) < 4.78 is 8.25. The van der Waals surface area contributed by atoms with Crippen molar-refractivity contribution in [1.29, 1.82) is 0 Å². The summed E-state index contributed by atoms with van der Waals surface area (Å²) in [5, 5.41) is 19.5. The second kappa shape index (κ2) is 8.99. The van der Waals surface area contributed by atoms with Crippen LogP contribution in [0, 0.1) is 26.7 Å². The molecule has 0 amide bonds. The lowest BCUT2D eigenvalue weighted by Gasteiger charge is -2.11. The van der Waals surface area contributed by atoms with Gasteiger partial charge in [0.2, 0.25) is 11.8 Å². The summed E-state index contributed by atoms with van der Waals surface area (Å²) >= 11 is 7.95. The Hall–Kier alpha value is -2.84. The standard InChI is InChI=1S/C26H27ClN6OS/c1-14-15(2)35-26-23(14)24(18-8-10-19(27)11-9-18)28-20(25-32-29-16(3)33(25)26)13-22-31-30-21(34-22)12-17-6-4-5-7-17/h8-11,17,20H,4-7,12-13H2,1-3H3/t20-/m0/s1. The number of nitrogens with zero attached hydrogens (tertiary/aromatic N) is 6. The first-order chi connectivity index (χ1) is 17.0. The molecule has 6 rings (SSSR count). The van der Waals surface area contributed by atoms with E-state index in [1.807, 2.05) is 31.2 Å². The first-order valence-electron chi connectivity index (χ1n) is 12.2. The molecule has 4 heterocycles. The number of halogens is 1. The highest BCUT2D eigenvalue weighted by Gasteiger charge is 2.32. The van der Waals surface area contributed by atoms with Crippen molar-refractivity contribution in [3.63, 3.8) is 0 Å². The van der Waals surface area contributed by atoms with Gasteiger partial charge < -0.3 is 4.42 Å². The molecule has 0 saturated heterocycles. The van der Waals surface area contributed by atoms with Crippen molar-refractivity contribution in [2.45, 2.75) is 65.3 Å². The van der Waals surface area contributed by atoms with Crippen LogP contribution in [-0.2, 0) is 12.8 Å². The number of fused-ring (bicyclic) bond motifs is 3. The van der Waals surface area contributed by atoms with Gasteiger partial charge in [-0.25, -0.2) is 0 Å². The Morgan fingerprint density at radius 1 is 0.971 bits per heavy atom. The Balaban J connectivity index is 1.43. The van der Waals surface area contributed by atoms with Crippen LogP contribution in [0.4, 0.5) is 0 Å². The first kappa shape index (κ1) is 22.6. The highest BCUT2D eigenvalue weighted by atomic mass is 35.5. The number of aryl methyl sites for hydroxylation is 2. The van der Waals surface area contributed by atoms with Crippen LogP contribution in [0.25, 0.3) is 5.00 Å². The van der Waals surface area contributed by atoms with E-state index in [2.05, 4.69) is 38.8 Å². The van der Waals surface area contributed by atoms with E-state index in [0.717, 1.165) is 45.8 Å². The summed E-state index contributed by atoms with van der Waals surface area (Å²) in [4.78, 5) is 6.54. The number of hydrogen-bond donors (Lipinski definition) is 0. The van der Waals surface area contributed by atoms with Crippen LogP contribution in [0.15, 0.2) is 33.7 Å². The molecular weight excluding hydrogens is 480 g/mol. The normalized spacial score (nSPS) is 17.8. The van der Waals surface area contributed by atoms with Gasteiger partial charge in [-0.05, 0) is 57.2 Å². The average molecular weight is 507 g/mol. The molecule has 2 aliphatic rings. The average Bonchev–Trinajstić information content (AvgIpc) is 3.62. The molecule has 0 unspecified atom stereocenters. The number of aromatic nitrogens is 5. The number of rotatable bonds is 5. The maximum Gasteiger partial charge on any atom is 0.219 e. The quantitative estimate of drug-likeness (QED) is 0.324. The molecule has 1 aliphatic carbocycles. The van der Waals surface area contributed by atoms with E-state index >= 15 is 0 Å². The van der Waals surface area contributed by atoms with E-state index in [0.29, 0.717) is 23.3 Å². The van der Waals surface area contributed by atoms with Crippen molar-refractivity contribution in [2.75, 3.05) is 0 Å². The molecular formula is C26H27ClN6OS. The molecule has 0 radical (unpaired) electrons. The molecule has 180 valence electrons.